The Balaban J connectivity index is 2.03. The van der Waals surface area contributed by atoms with Crippen molar-refractivity contribution in [3.63, 3.8) is 0 Å². The lowest BCUT2D eigenvalue weighted by molar-refractivity contribution is 0.233. The van der Waals surface area contributed by atoms with Gasteiger partial charge in [-0.2, -0.15) is 0 Å². The molecule has 2 rings (SSSR count). The van der Waals surface area contributed by atoms with Crippen LogP contribution in [0.25, 0.3) is 0 Å². The second-order valence-electron chi connectivity index (χ2n) is 4.21. The molecule has 0 amide bonds. The number of rotatable bonds is 2. The van der Waals surface area contributed by atoms with Gasteiger partial charge in [0, 0.05) is 38.4 Å². The van der Waals surface area contributed by atoms with Gasteiger partial charge in [-0.15, -0.1) is 0 Å². The van der Waals surface area contributed by atoms with Crippen molar-refractivity contribution < 1.29 is 0 Å². The number of aryl methyl sites for hydroxylation is 1. The van der Waals surface area contributed by atoms with Gasteiger partial charge in [0.15, 0.2) is 0 Å². The molecule has 1 aromatic carbocycles. The van der Waals surface area contributed by atoms with Gasteiger partial charge in [-0.25, -0.2) is 0 Å². The minimum Gasteiger partial charge on any atom is -0.399 e. The summed E-state index contributed by atoms with van der Waals surface area (Å²) in [6, 6.07) is 6.19. The van der Waals surface area contributed by atoms with Crippen LogP contribution in [0.3, 0.4) is 0 Å². The average Bonchev–Trinajstić information content (AvgIpc) is 2.24. The fourth-order valence-corrected chi connectivity index (χ4v) is 2.01. The van der Waals surface area contributed by atoms with Crippen LogP contribution in [0.5, 0.6) is 0 Å². The van der Waals surface area contributed by atoms with Gasteiger partial charge < -0.3 is 11.1 Å². The zero-order valence-corrected chi connectivity index (χ0v) is 9.29. The highest BCUT2D eigenvalue weighted by Gasteiger charge is 2.10. The van der Waals surface area contributed by atoms with Gasteiger partial charge in [0.1, 0.15) is 0 Å². The SMILES string of the molecule is Cc1cc(N)ccc1CN1CCNCC1. The summed E-state index contributed by atoms with van der Waals surface area (Å²) < 4.78 is 0. The molecule has 0 bridgehead atoms. The van der Waals surface area contributed by atoms with E-state index in [2.05, 4.69) is 29.3 Å². The molecule has 1 heterocycles. The molecule has 1 aromatic rings. The van der Waals surface area contributed by atoms with E-state index in [0.29, 0.717) is 0 Å². The molecule has 1 saturated heterocycles. The van der Waals surface area contributed by atoms with E-state index in [0.717, 1.165) is 38.4 Å². The van der Waals surface area contributed by atoms with E-state index >= 15 is 0 Å². The lowest BCUT2D eigenvalue weighted by Gasteiger charge is -2.27. The maximum atomic E-state index is 5.74. The molecule has 3 heteroatoms. The van der Waals surface area contributed by atoms with Crippen LogP contribution in [0, 0.1) is 6.92 Å². The van der Waals surface area contributed by atoms with E-state index in [4.69, 9.17) is 5.73 Å². The maximum absolute atomic E-state index is 5.74. The van der Waals surface area contributed by atoms with E-state index < -0.39 is 0 Å². The Labute approximate surface area is 91.3 Å². The Morgan fingerprint density at radius 3 is 2.73 bits per heavy atom. The second kappa shape index (κ2) is 4.64. The third-order valence-electron chi connectivity index (χ3n) is 2.97. The second-order valence-corrected chi connectivity index (χ2v) is 4.21. The first-order chi connectivity index (χ1) is 7.25. The fourth-order valence-electron chi connectivity index (χ4n) is 2.01. The van der Waals surface area contributed by atoms with Crippen molar-refractivity contribution in [3.8, 4) is 0 Å². The number of anilines is 1. The molecule has 0 radical (unpaired) electrons. The molecule has 0 saturated carbocycles. The Hall–Kier alpha value is -1.06. The number of piperazine rings is 1. The van der Waals surface area contributed by atoms with Crippen LogP contribution < -0.4 is 11.1 Å². The van der Waals surface area contributed by atoms with E-state index in [9.17, 15) is 0 Å². The van der Waals surface area contributed by atoms with E-state index in [1.54, 1.807) is 0 Å². The summed E-state index contributed by atoms with van der Waals surface area (Å²) in [5.74, 6) is 0. The molecule has 1 fully saturated rings. The minimum atomic E-state index is 0.858. The summed E-state index contributed by atoms with van der Waals surface area (Å²) in [5, 5.41) is 3.36. The van der Waals surface area contributed by atoms with Crippen molar-refractivity contribution in [3.05, 3.63) is 29.3 Å². The van der Waals surface area contributed by atoms with E-state index in [1.807, 2.05) is 6.07 Å². The van der Waals surface area contributed by atoms with Gasteiger partial charge in [-0.05, 0) is 30.2 Å². The third-order valence-corrected chi connectivity index (χ3v) is 2.97. The number of hydrogen-bond donors (Lipinski definition) is 2. The smallest absolute Gasteiger partial charge is 0.0316 e. The topological polar surface area (TPSA) is 41.3 Å². The third kappa shape index (κ3) is 2.70. The van der Waals surface area contributed by atoms with Crippen molar-refractivity contribution in [2.24, 2.45) is 0 Å². The summed E-state index contributed by atoms with van der Waals surface area (Å²) in [5.41, 5.74) is 9.29. The van der Waals surface area contributed by atoms with Crippen LogP contribution in [0.2, 0.25) is 0 Å². The van der Waals surface area contributed by atoms with Crippen LogP contribution in [0.15, 0.2) is 18.2 Å². The lowest BCUT2D eigenvalue weighted by atomic mass is 10.1. The van der Waals surface area contributed by atoms with Gasteiger partial charge in [-0.3, -0.25) is 4.90 Å². The normalized spacial score (nSPS) is 17.9. The van der Waals surface area contributed by atoms with Crippen molar-refractivity contribution >= 4 is 5.69 Å². The lowest BCUT2D eigenvalue weighted by Crippen LogP contribution is -2.42. The standard InChI is InChI=1S/C12H19N3/c1-10-8-12(13)3-2-11(10)9-15-6-4-14-5-7-15/h2-3,8,14H,4-7,9,13H2,1H3. The maximum Gasteiger partial charge on any atom is 0.0316 e. The molecular formula is C12H19N3. The molecule has 1 aliphatic rings. The predicted molar refractivity (Wildman–Crippen MR) is 63.7 cm³/mol. The Morgan fingerprint density at radius 2 is 2.07 bits per heavy atom. The highest BCUT2D eigenvalue weighted by Crippen LogP contribution is 2.14. The fraction of sp³-hybridized carbons (Fsp3) is 0.500. The van der Waals surface area contributed by atoms with Gasteiger partial charge in [0.25, 0.3) is 0 Å². The Bertz CT molecular complexity index is 330. The molecule has 15 heavy (non-hydrogen) atoms. The first kappa shape index (κ1) is 10.5. The monoisotopic (exact) mass is 205 g/mol. The quantitative estimate of drug-likeness (QED) is 0.707. The predicted octanol–water partition coefficient (Wildman–Crippen LogP) is 0.982. The highest BCUT2D eigenvalue weighted by atomic mass is 15.2. The highest BCUT2D eigenvalue weighted by molar-refractivity contribution is 5.44. The number of nitrogens with zero attached hydrogens (tertiary/aromatic N) is 1. The number of nitrogens with one attached hydrogen (secondary N) is 1. The number of benzene rings is 1. The summed E-state index contributed by atoms with van der Waals surface area (Å²) in [6.07, 6.45) is 0. The zero-order valence-electron chi connectivity index (χ0n) is 9.29. The first-order valence-corrected chi connectivity index (χ1v) is 5.54. The van der Waals surface area contributed by atoms with Crippen LogP contribution in [-0.4, -0.2) is 31.1 Å². The van der Waals surface area contributed by atoms with Crippen molar-refractivity contribution in [2.45, 2.75) is 13.5 Å². The van der Waals surface area contributed by atoms with Gasteiger partial charge >= 0.3 is 0 Å². The van der Waals surface area contributed by atoms with E-state index in [-0.39, 0.29) is 0 Å². The molecule has 0 aliphatic carbocycles. The first-order valence-electron chi connectivity index (χ1n) is 5.54. The van der Waals surface area contributed by atoms with Crippen molar-refractivity contribution in [1.82, 2.24) is 10.2 Å². The van der Waals surface area contributed by atoms with Gasteiger partial charge in [0.05, 0.1) is 0 Å². The van der Waals surface area contributed by atoms with Crippen LogP contribution in [-0.2, 0) is 6.54 Å². The molecule has 0 spiro atoms. The molecule has 0 atom stereocenters. The number of nitrogen functional groups attached to an aromatic ring is 1. The van der Waals surface area contributed by atoms with Crippen LogP contribution >= 0.6 is 0 Å². The molecule has 3 nitrogen and oxygen atoms in total. The minimum absolute atomic E-state index is 0.858. The summed E-state index contributed by atoms with van der Waals surface area (Å²) >= 11 is 0. The Kier molecular flexibility index (Phi) is 3.23. The molecule has 1 aliphatic heterocycles. The average molecular weight is 205 g/mol. The van der Waals surface area contributed by atoms with Crippen LogP contribution in [0.4, 0.5) is 5.69 Å². The van der Waals surface area contributed by atoms with Gasteiger partial charge in [0.2, 0.25) is 0 Å². The van der Waals surface area contributed by atoms with Crippen molar-refractivity contribution in [2.75, 3.05) is 31.9 Å². The van der Waals surface area contributed by atoms with E-state index in [1.165, 1.54) is 11.1 Å². The summed E-state index contributed by atoms with van der Waals surface area (Å²) in [7, 11) is 0. The number of hydrogen-bond acceptors (Lipinski definition) is 3. The zero-order chi connectivity index (χ0) is 10.7. The van der Waals surface area contributed by atoms with Gasteiger partial charge in [-0.1, -0.05) is 6.07 Å². The van der Waals surface area contributed by atoms with Crippen LogP contribution in [0.1, 0.15) is 11.1 Å². The summed E-state index contributed by atoms with van der Waals surface area (Å²) in [6.45, 7) is 7.68. The Morgan fingerprint density at radius 1 is 1.33 bits per heavy atom. The molecular weight excluding hydrogens is 186 g/mol. The van der Waals surface area contributed by atoms with Crippen molar-refractivity contribution in [1.29, 1.82) is 0 Å². The molecule has 0 unspecified atom stereocenters. The number of nitrogens with two attached hydrogens (primary N) is 1. The summed E-state index contributed by atoms with van der Waals surface area (Å²) in [4.78, 5) is 2.48. The molecule has 0 aromatic heterocycles. The molecule has 3 N–H and O–H groups in total. The largest absolute Gasteiger partial charge is 0.399 e. The molecule has 82 valence electrons.